The first-order chi connectivity index (χ1) is 12.7. The van der Waals surface area contributed by atoms with Gasteiger partial charge in [0.15, 0.2) is 27.3 Å². The van der Waals surface area contributed by atoms with Crippen LogP contribution in [-0.2, 0) is 14.6 Å². The van der Waals surface area contributed by atoms with Crippen LogP contribution in [0.1, 0.15) is 41.6 Å². The molecule has 2 aliphatic rings. The van der Waals surface area contributed by atoms with Crippen LogP contribution in [0.2, 0.25) is 0 Å². The second-order valence-electron chi connectivity index (χ2n) is 6.92. The van der Waals surface area contributed by atoms with Gasteiger partial charge in [-0.2, -0.15) is 5.10 Å². The Hall–Kier alpha value is -2.36. The molecule has 6 nitrogen and oxygen atoms in total. The first-order valence-corrected chi connectivity index (χ1v) is 10.2. The minimum atomic E-state index is -3.18. The molecule has 0 bridgehead atoms. The summed E-state index contributed by atoms with van der Waals surface area (Å²) in [5.41, 5.74) is 0.832. The molecule has 1 amide bonds. The second-order valence-corrected chi connectivity index (χ2v) is 9.15. The molecule has 10 heteroatoms. The quantitative estimate of drug-likeness (QED) is 0.787. The Morgan fingerprint density at radius 3 is 2.63 bits per heavy atom. The van der Waals surface area contributed by atoms with Gasteiger partial charge >= 0.3 is 0 Å². The summed E-state index contributed by atoms with van der Waals surface area (Å²) in [7, 11) is -3.18. The first-order valence-electron chi connectivity index (χ1n) is 8.40. The molecule has 2 aromatic rings. The third-order valence-electron chi connectivity index (χ3n) is 5.12. The summed E-state index contributed by atoms with van der Waals surface area (Å²) in [6.45, 7) is 1.65. The molecule has 1 N–H and O–H groups in total. The van der Waals surface area contributed by atoms with Crippen LogP contribution in [0.5, 0.6) is 0 Å². The molecule has 27 heavy (non-hydrogen) atoms. The lowest BCUT2D eigenvalue weighted by Crippen LogP contribution is -2.27. The number of anilines is 1. The summed E-state index contributed by atoms with van der Waals surface area (Å²) >= 11 is 0. The highest BCUT2D eigenvalue weighted by molar-refractivity contribution is 7.91. The van der Waals surface area contributed by atoms with Crippen molar-refractivity contribution in [3.05, 3.63) is 46.4 Å². The zero-order chi connectivity index (χ0) is 19.5. The van der Waals surface area contributed by atoms with E-state index in [-0.39, 0.29) is 23.5 Å². The van der Waals surface area contributed by atoms with Crippen LogP contribution in [0.25, 0.3) is 0 Å². The molecule has 0 aliphatic carbocycles. The number of aryl methyl sites for hydroxylation is 1. The number of carbonyl (C=O) groups is 1. The number of carbonyl (C=O) groups excluding carboxylic acids is 1. The maximum absolute atomic E-state index is 14.4. The first kappa shape index (κ1) is 18.0. The fourth-order valence-corrected chi connectivity index (χ4v) is 5.57. The average molecular weight is 399 g/mol. The molecule has 0 radical (unpaired) electrons. The number of benzene rings is 1. The number of halogens is 3. The number of amides is 1. The molecule has 1 aromatic heterocycles. The summed E-state index contributed by atoms with van der Waals surface area (Å²) in [6, 6.07) is 1.51. The number of fused-ring (bicyclic) bond motifs is 1. The van der Waals surface area contributed by atoms with E-state index in [2.05, 4.69) is 10.4 Å². The Labute approximate surface area is 153 Å². The van der Waals surface area contributed by atoms with E-state index < -0.39 is 45.2 Å². The van der Waals surface area contributed by atoms with Crippen LogP contribution in [0.15, 0.2) is 12.1 Å². The van der Waals surface area contributed by atoms with Crippen LogP contribution in [0, 0.1) is 24.4 Å². The highest BCUT2D eigenvalue weighted by Gasteiger charge is 2.38. The molecule has 1 aromatic carbocycles. The largest absolute Gasteiger partial charge is 0.311 e. The van der Waals surface area contributed by atoms with E-state index in [4.69, 9.17) is 0 Å². The van der Waals surface area contributed by atoms with Crippen LogP contribution < -0.4 is 5.32 Å². The predicted molar refractivity (Wildman–Crippen MR) is 90.7 cm³/mol. The van der Waals surface area contributed by atoms with Gasteiger partial charge < -0.3 is 5.32 Å². The normalized spacial score (nSPS) is 23.9. The Morgan fingerprint density at radius 2 is 1.96 bits per heavy atom. The zero-order valence-corrected chi connectivity index (χ0v) is 15.1. The molecule has 3 heterocycles. The summed E-state index contributed by atoms with van der Waals surface area (Å²) in [4.78, 5) is 12.2. The van der Waals surface area contributed by atoms with Gasteiger partial charge in [-0.05, 0) is 25.0 Å². The van der Waals surface area contributed by atoms with E-state index in [9.17, 15) is 26.4 Å². The molecule has 0 saturated carbocycles. The van der Waals surface area contributed by atoms with E-state index in [1.807, 2.05) is 0 Å². The van der Waals surface area contributed by atoms with E-state index in [1.165, 1.54) is 4.68 Å². The number of sulfone groups is 1. The molecule has 0 unspecified atom stereocenters. The van der Waals surface area contributed by atoms with Crippen LogP contribution in [0.3, 0.4) is 0 Å². The number of hydrogen-bond acceptors (Lipinski definition) is 4. The minimum Gasteiger partial charge on any atom is -0.311 e. The van der Waals surface area contributed by atoms with Crippen molar-refractivity contribution >= 4 is 21.6 Å². The highest BCUT2D eigenvalue weighted by Crippen LogP contribution is 2.42. The van der Waals surface area contributed by atoms with E-state index >= 15 is 0 Å². The predicted octanol–water partition coefficient (Wildman–Crippen LogP) is 2.44. The lowest BCUT2D eigenvalue weighted by molar-refractivity contribution is -0.116. The summed E-state index contributed by atoms with van der Waals surface area (Å²) in [6.07, 6.45) is 0.209. The van der Waals surface area contributed by atoms with Crippen LogP contribution >= 0.6 is 0 Å². The van der Waals surface area contributed by atoms with Crippen molar-refractivity contribution in [1.29, 1.82) is 0 Å². The zero-order valence-electron chi connectivity index (χ0n) is 14.3. The molecular formula is C17H16F3N3O3S. The van der Waals surface area contributed by atoms with E-state index in [0.717, 1.165) is 12.1 Å². The Bertz CT molecular complexity index is 1070. The summed E-state index contributed by atoms with van der Waals surface area (Å²) in [5.74, 6) is -5.28. The average Bonchev–Trinajstić information content (AvgIpc) is 3.12. The molecular weight excluding hydrogens is 383 g/mol. The van der Waals surface area contributed by atoms with Gasteiger partial charge in [-0.15, -0.1) is 0 Å². The third kappa shape index (κ3) is 2.91. The topological polar surface area (TPSA) is 81.1 Å². The molecule has 0 spiro atoms. The van der Waals surface area contributed by atoms with Crippen LogP contribution in [0.4, 0.5) is 19.0 Å². The standard InChI is InChI=1S/C17H16F3N3O3S/c1-8-14-11(10-2-3-12(18)16(20)15(10)19)6-13(24)21-17(14)23(22-8)9-4-5-27(25,26)7-9/h2-3,9,11H,4-7H2,1H3,(H,21,24)/t9-,11-/m1/s1. The van der Waals surface area contributed by atoms with E-state index in [1.54, 1.807) is 6.92 Å². The highest BCUT2D eigenvalue weighted by atomic mass is 32.2. The van der Waals surface area contributed by atoms with Crippen molar-refractivity contribution in [3.8, 4) is 0 Å². The second kappa shape index (κ2) is 6.08. The van der Waals surface area contributed by atoms with Gasteiger partial charge in [-0.1, -0.05) is 6.07 Å². The molecule has 1 saturated heterocycles. The van der Waals surface area contributed by atoms with Crippen LogP contribution in [-0.4, -0.2) is 35.6 Å². The number of aromatic nitrogens is 2. The van der Waals surface area contributed by atoms with Gasteiger partial charge in [-0.25, -0.2) is 26.3 Å². The van der Waals surface area contributed by atoms with Gasteiger partial charge in [0, 0.05) is 17.9 Å². The molecule has 2 aliphatic heterocycles. The summed E-state index contributed by atoms with van der Waals surface area (Å²) in [5, 5.41) is 7.04. The van der Waals surface area contributed by atoms with Crippen molar-refractivity contribution < 1.29 is 26.4 Å². The number of nitrogens with zero attached hydrogens (tertiary/aromatic N) is 2. The number of hydrogen-bond donors (Lipinski definition) is 1. The molecule has 4 rings (SSSR count). The maximum Gasteiger partial charge on any atom is 0.226 e. The maximum atomic E-state index is 14.4. The summed E-state index contributed by atoms with van der Waals surface area (Å²) < 4.78 is 66.4. The van der Waals surface area contributed by atoms with Crippen molar-refractivity contribution in [2.24, 2.45) is 0 Å². The van der Waals surface area contributed by atoms with E-state index in [0.29, 0.717) is 23.5 Å². The Kier molecular flexibility index (Phi) is 4.06. The van der Waals surface area contributed by atoms with Crippen molar-refractivity contribution in [2.75, 3.05) is 16.8 Å². The van der Waals surface area contributed by atoms with Gasteiger partial charge in [0.05, 0.1) is 23.2 Å². The van der Waals surface area contributed by atoms with Gasteiger partial charge in [-0.3, -0.25) is 4.79 Å². The van der Waals surface area contributed by atoms with Gasteiger partial charge in [0.2, 0.25) is 5.91 Å². The van der Waals surface area contributed by atoms with Gasteiger partial charge in [0.25, 0.3) is 0 Å². The van der Waals surface area contributed by atoms with Crippen molar-refractivity contribution in [3.63, 3.8) is 0 Å². The SMILES string of the molecule is Cc1nn([C@@H]2CCS(=O)(=O)C2)c2c1[C@@H](c1ccc(F)c(F)c1F)CC(=O)N2. The fraction of sp³-hybridized carbons (Fsp3) is 0.412. The molecule has 2 atom stereocenters. The lowest BCUT2D eigenvalue weighted by atomic mass is 9.85. The van der Waals surface area contributed by atoms with Crippen molar-refractivity contribution in [2.45, 2.75) is 31.7 Å². The fourth-order valence-electron chi connectivity index (χ4n) is 3.88. The molecule has 1 fully saturated rings. The minimum absolute atomic E-state index is 0.0283. The molecule has 144 valence electrons. The number of nitrogens with one attached hydrogen (secondary N) is 1. The Morgan fingerprint density at radius 1 is 1.22 bits per heavy atom. The number of rotatable bonds is 2. The Balaban J connectivity index is 1.84. The monoisotopic (exact) mass is 399 g/mol. The van der Waals surface area contributed by atoms with Crippen molar-refractivity contribution in [1.82, 2.24) is 9.78 Å². The smallest absolute Gasteiger partial charge is 0.226 e. The third-order valence-corrected chi connectivity index (χ3v) is 6.87. The van der Waals surface area contributed by atoms with Gasteiger partial charge in [0.1, 0.15) is 5.82 Å². The lowest BCUT2D eigenvalue weighted by Gasteiger charge is -2.25.